The Morgan fingerprint density at radius 3 is 2.52 bits per heavy atom. The number of anilines is 1. The first-order valence-corrected chi connectivity index (χ1v) is 10.2. The van der Waals surface area contributed by atoms with Gasteiger partial charge in [-0.1, -0.05) is 6.07 Å². The minimum absolute atomic E-state index is 0.184. The Hall–Kier alpha value is -1.48. The molecule has 0 aromatic heterocycles. The molecule has 0 bridgehead atoms. The smallest absolute Gasteiger partial charge is 0.239 e. The van der Waals surface area contributed by atoms with Gasteiger partial charge in [0.15, 0.2) is 0 Å². The summed E-state index contributed by atoms with van der Waals surface area (Å²) < 4.78 is 30.5. The Morgan fingerprint density at radius 2 is 1.92 bits per heavy atom. The molecular formula is C17H27N3O4S. The number of hydrogen-bond acceptors (Lipinski definition) is 5. The van der Waals surface area contributed by atoms with E-state index in [9.17, 15) is 13.2 Å². The molecule has 25 heavy (non-hydrogen) atoms. The van der Waals surface area contributed by atoms with Crippen molar-refractivity contribution in [1.29, 1.82) is 0 Å². The molecule has 2 rings (SSSR count). The number of morpholine rings is 1. The van der Waals surface area contributed by atoms with Crippen molar-refractivity contribution < 1.29 is 17.9 Å². The molecule has 1 heterocycles. The first-order chi connectivity index (χ1) is 11.8. The fraction of sp³-hybridized carbons (Fsp3) is 0.588. The summed E-state index contributed by atoms with van der Waals surface area (Å²) in [5.74, 6) is -0.337. The van der Waals surface area contributed by atoms with Gasteiger partial charge in [0.2, 0.25) is 15.9 Å². The molecule has 0 aliphatic carbocycles. The van der Waals surface area contributed by atoms with E-state index in [0.717, 1.165) is 30.5 Å². The Labute approximate surface area is 150 Å². The third kappa shape index (κ3) is 6.39. The second kappa shape index (κ2) is 8.75. The van der Waals surface area contributed by atoms with Crippen LogP contribution >= 0.6 is 0 Å². The highest BCUT2D eigenvalue weighted by Gasteiger charge is 2.21. The maximum atomic E-state index is 12.3. The lowest BCUT2D eigenvalue weighted by Crippen LogP contribution is -2.45. The van der Waals surface area contributed by atoms with Gasteiger partial charge in [-0.05, 0) is 37.1 Å². The highest BCUT2D eigenvalue weighted by Crippen LogP contribution is 2.14. The second-order valence-corrected chi connectivity index (χ2v) is 8.38. The molecule has 0 spiro atoms. The van der Waals surface area contributed by atoms with Crippen LogP contribution in [0.15, 0.2) is 18.2 Å². The highest BCUT2D eigenvalue weighted by molar-refractivity contribution is 7.88. The quantitative estimate of drug-likeness (QED) is 0.770. The summed E-state index contributed by atoms with van der Waals surface area (Å²) in [4.78, 5) is 14.4. The molecule has 0 saturated carbocycles. The van der Waals surface area contributed by atoms with Crippen LogP contribution < -0.4 is 5.32 Å². The van der Waals surface area contributed by atoms with Crippen LogP contribution in [0, 0.1) is 13.8 Å². The first-order valence-electron chi connectivity index (χ1n) is 8.38. The van der Waals surface area contributed by atoms with Crippen molar-refractivity contribution in [3.05, 3.63) is 29.3 Å². The Kier molecular flexibility index (Phi) is 6.95. The Morgan fingerprint density at radius 1 is 1.24 bits per heavy atom. The average Bonchev–Trinajstić information content (AvgIpc) is 2.55. The van der Waals surface area contributed by atoms with E-state index >= 15 is 0 Å². The number of carbonyl (C=O) groups excluding carboxylic acids is 1. The van der Waals surface area contributed by atoms with Crippen LogP contribution in [0.5, 0.6) is 0 Å². The summed E-state index contributed by atoms with van der Waals surface area (Å²) in [6, 6.07) is 5.63. The molecule has 0 radical (unpaired) electrons. The first kappa shape index (κ1) is 19.8. The molecular weight excluding hydrogens is 342 g/mol. The van der Waals surface area contributed by atoms with Crippen LogP contribution in [-0.2, 0) is 19.6 Å². The molecule has 1 aromatic rings. The van der Waals surface area contributed by atoms with Crippen molar-refractivity contribution >= 4 is 21.6 Å². The summed E-state index contributed by atoms with van der Waals surface area (Å²) in [5, 5.41) is 2.77. The summed E-state index contributed by atoms with van der Waals surface area (Å²) in [6.07, 6.45) is 1.13. The molecule has 140 valence electrons. The van der Waals surface area contributed by atoms with E-state index in [1.807, 2.05) is 32.0 Å². The predicted octanol–water partition coefficient (Wildman–Crippen LogP) is 0.836. The number of nitrogens with zero attached hydrogens (tertiary/aromatic N) is 2. The van der Waals surface area contributed by atoms with Gasteiger partial charge in [-0.3, -0.25) is 9.69 Å². The minimum Gasteiger partial charge on any atom is -0.379 e. The van der Waals surface area contributed by atoms with E-state index in [1.165, 1.54) is 4.31 Å². The summed E-state index contributed by atoms with van der Waals surface area (Å²) in [5.41, 5.74) is 2.89. The summed E-state index contributed by atoms with van der Waals surface area (Å²) in [6.45, 7) is 7.55. The number of benzene rings is 1. The minimum atomic E-state index is -3.45. The number of hydrogen-bond donors (Lipinski definition) is 1. The second-order valence-electron chi connectivity index (χ2n) is 6.40. The Bertz CT molecular complexity index is 700. The topological polar surface area (TPSA) is 79.0 Å². The van der Waals surface area contributed by atoms with Crippen molar-refractivity contribution in [2.24, 2.45) is 0 Å². The zero-order valence-corrected chi connectivity index (χ0v) is 15.9. The van der Waals surface area contributed by atoms with Crippen molar-refractivity contribution in [1.82, 2.24) is 9.21 Å². The van der Waals surface area contributed by atoms with Gasteiger partial charge in [-0.2, -0.15) is 4.31 Å². The van der Waals surface area contributed by atoms with Gasteiger partial charge in [0.25, 0.3) is 0 Å². The van der Waals surface area contributed by atoms with Crippen molar-refractivity contribution in [3.63, 3.8) is 0 Å². The van der Waals surface area contributed by atoms with Gasteiger partial charge in [0, 0.05) is 31.9 Å². The molecule has 1 fully saturated rings. The van der Waals surface area contributed by atoms with E-state index in [-0.39, 0.29) is 12.5 Å². The Balaban J connectivity index is 1.93. The van der Waals surface area contributed by atoms with Gasteiger partial charge in [-0.15, -0.1) is 0 Å². The van der Waals surface area contributed by atoms with Crippen LogP contribution in [0.3, 0.4) is 0 Å². The fourth-order valence-electron chi connectivity index (χ4n) is 2.62. The maximum absolute atomic E-state index is 12.3. The molecule has 0 atom stereocenters. The number of aryl methyl sites for hydroxylation is 2. The fourth-order valence-corrected chi connectivity index (χ4v) is 3.38. The van der Waals surface area contributed by atoms with Crippen molar-refractivity contribution in [2.75, 3.05) is 57.5 Å². The standard InChI is InChI=1S/C17H27N3O4S/c1-14-4-5-16(12-15(14)2)18-17(21)13-20(25(3,22)23)7-6-19-8-10-24-11-9-19/h4-5,12H,6-11,13H2,1-3H3,(H,18,21). The predicted molar refractivity (Wildman–Crippen MR) is 98.2 cm³/mol. The maximum Gasteiger partial charge on any atom is 0.239 e. The van der Waals surface area contributed by atoms with E-state index in [4.69, 9.17) is 4.74 Å². The molecule has 0 unspecified atom stereocenters. The van der Waals surface area contributed by atoms with Crippen LogP contribution in [0.2, 0.25) is 0 Å². The zero-order valence-electron chi connectivity index (χ0n) is 15.1. The lowest BCUT2D eigenvalue weighted by Gasteiger charge is -2.29. The van der Waals surface area contributed by atoms with Crippen molar-refractivity contribution in [2.45, 2.75) is 13.8 Å². The number of amides is 1. The van der Waals surface area contributed by atoms with E-state index in [0.29, 0.717) is 32.0 Å². The average molecular weight is 369 g/mol. The number of sulfonamides is 1. The van der Waals surface area contributed by atoms with Gasteiger partial charge in [-0.25, -0.2) is 8.42 Å². The van der Waals surface area contributed by atoms with Crippen molar-refractivity contribution in [3.8, 4) is 0 Å². The molecule has 8 heteroatoms. The number of rotatable bonds is 7. The van der Waals surface area contributed by atoms with E-state index in [2.05, 4.69) is 10.2 Å². The van der Waals surface area contributed by atoms with E-state index < -0.39 is 10.0 Å². The lowest BCUT2D eigenvalue weighted by molar-refractivity contribution is -0.116. The van der Waals surface area contributed by atoms with Crippen LogP contribution in [0.4, 0.5) is 5.69 Å². The molecule has 1 saturated heterocycles. The third-order valence-electron chi connectivity index (χ3n) is 4.35. The molecule has 1 N–H and O–H groups in total. The molecule has 1 amide bonds. The summed E-state index contributed by atoms with van der Waals surface area (Å²) in [7, 11) is -3.45. The van der Waals surface area contributed by atoms with Gasteiger partial charge in [0.1, 0.15) is 0 Å². The SMILES string of the molecule is Cc1ccc(NC(=O)CN(CCN2CCOCC2)S(C)(=O)=O)cc1C. The zero-order chi connectivity index (χ0) is 18.4. The normalized spacial score (nSPS) is 16.2. The largest absolute Gasteiger partial charge is 0.379 e. The van der Waals surface area contributed by atoms with Gasteiger partial charge >= 0.3 is 0 Å². The highest BCUT2D eigenvalue weighted by atomic mass is 32.2. The molecule has 1 aromatic carbocycles. The molecule has 1 aliphatic heterocycles. The lowest BCUT2D eigenvalue weighted by atomic mass is 10.1. The number of ether oxygens (including phenoxy) is 1. The molecule has 7 nitrogen and oxygen atoms in total. The van der Waals surface area contributed by atoms with E-state index in [1.54, 1.807) is 0 Å². The third-order valence-corrected chi connectivity index (χ3v) is 5.60. The monoisotopic (exact) mass is 369 g/mol. The number of nitrogens with one attached hydrogen (secondary N) is 1. The molecule has 1 aliphatic rings. The van der Waals surface area contributed by atoms with Crippen LogP contribution in [-0.4, -0.2) is 75.7 Å². The van der Waals surface area contributed by atoms with Crippen LogP contribution in [0.25, 0.3) is 0 Å². The summed E-state index contributed by atoms with van der Waals surface area (Å²) >= 11 is 0. The van der Waals surface area contributed by atoms with Gasteiger partial charge < -0.3 is 10.1 Å². The van der Waals surface area contributed by atoms with Gasteiger partial charge in [0.05, 0.1) is 26.0 Å². The van der Waals surface area contributed by atoms with Crippen LogP contribution in [0.1, 0.15) is 11.1 Å². The number of carbonyl (C=O) groups is 1.